The van der Waals surface area contributed by atoms with Crippen molar-refractivity contribution in [2.45, 2.75) is 17.8 Å². The van der Waals surface area contributed by atoms with Crippen LogP contribution < -0.4 is 14.4 Å². The van der Waals surface area contributed by atoms with Crippen molar-refractivity contribution in [1.82, 2.24) is 0 Å². The van der Waals surface area contributed by atoms with Gasteiger partial charge in [-0.3, -0.25) is 0 Å². The van der Waals surface area contributed by atoms with Crippen LogP contribution >= 0.6 is 0 Å². The number of hydrogen-bond acceptors (Lipinski definition) is 3. The minimum absolute atomic E-state index is 0.315. The predicted molar refractivity (Wildman–Crippen MR) is 234 cm³/mol. The van der Waals surface area contributed by atoms with Gasteiger partial charge in [0.15, 0.2) is 23.0 Å². The second kappa shape index (κ2) is 12.8. The second-order valence-corrected chi connectivity index (χ2v) is 15.5. The van der Waals surface area contributed by atoms with Crippen LogP contribution in [0.5, 0.6) is 23.0 Å². The molecule has 1 spiro atoms. The van der Waals surface area contributed by atoms with Crippen molar-refractivity contribution < 1.29 is 9.47 Å². The van der Waals surface area contributed by atoms with Crippen LogP contribution in [0.1, 0.15) is 40.2 Å². The molecule has 0 aromatic heterocycles. The average Bonchev–Trinajstić information content (AvgIpc) is 3.77. The molecule has 0 saturated heterocycles. The van der Waals surface area contributed by atoms with Crippen LogP contribution in [0.3, 0.4) is 0 Å². The highest BCUT2D eigenvalue weighted by molar-refractivity contribution is 5.98. The molecule has 1 aliphatic heterocycles. The summed E-state index contributed by atoms with van der Waals surface area (Å²) in [7, 11) is 0. The highest BCUT2D eigenvalue weighted by atomic mass is 16.6. The van der Waals surface area contributed by atoms with Crippen LogP contribution in [0.4, 0.5) is 11.4 Å². The predicted octanol–water partition coefficient (Wildman–Crippen LogP) is 14.4. The molecule has 1 heterocycles. The lowest BCUT2D eigenvalue weighted by molar-refractivity contribution is 0.361. The summed E-state index contributed by atoms with van der Waals surface area (Å²) < 4.78 is 14.2. The van der Waals surface area contributed by atoms with E-state index in [0.29, 0.717) is 23.2 Å². The zero-order chi connectivity index (χ0) is 38.2. The summed E-state index contributed by atoms with van der Waals surface area (Å²) in [6, 6.07) is 67.4. The Balaban J connectivity index is 0.989. The van der Waals surface area contributed by atoms with E-state index >= 15 is 0 Å². The molecule has 12 rings (SSSR count). The molecule has 0 fully saturated rings. The number of nitrogens with zero attached hydrogens (tertiary/aromatic N) is 1. The quantitative estimate of drug-likeness (QED) is 0.175. The molecule has 274 valence electrons. The summed E-state index contributed by atoms with van der Waals surface area (Å²) >= 11 is 0. The molecule has 3 nitrogen and oxygen atoms in total. The molecule has 3 heteroatoms. The third kappa shape index (κ3) is 4.74. The lowest BCUT2D eigenvalue weighted by atomic mass is 9.70. The fourth-order valence-electron chi connectivity index (χ4n) is 9.98. The largest absolute Gasteiger partial charge is 0.449 e. The van der Waals surface area contributed by atoms with Gasteiger partial charge in [0.1, 0.15) is 0 Å². The Hall–Kier alpha value is -7.36. The molecule has 8 aromatic rings. The number of benzene rings is 8. The van der Waals surface area contributed by atoms with Gasteiger partial charge in [-0.15, -0.1) is 0 Å². The Morgan fingerprint density at radius 3 is 1.74 bits per heavy atom. The van der Waals surface area contributed by atoms with Crippen molar-refractivity contribution in [3.8, 4) is 56.4 Å². The molecular formula is C55H37NO2. The minimum Gasteiger partial charge on any atom is -0.449 e. The molecule has 0 N–H and O–H groups in total. The molecule has 8 aromatic carbocycles. The normalized spacial score (nSPS) is 15.8. The third-order valence-corrected chi connectivity index (χ3v) is 12.5. The van der Waals surface area contributed by atoms with E-state index in [9.17, 15) is 0 Å². The highest BCUT2D eigenvalue weighted by Gasteiger charge is 2.53. The van der Waals surface area contributed by atoms with E-state index in [1.165, 1.54) is 55.6 Å². The number of rotatable bonds is 5. The average molecular weight is 744 g/mol. The van der Waals surface area contributed by atoms with E-state index < -0.39 is 5.41 Å². The van der Waals surface area contributed by atoms with Gasteiger partial charge in [0.05, 0.1) is 11.1 Å². The number of fused-ring (bicyclic) bond motifs is 13. The van der Waals surface area contributed by atoms with Crippen molar-refractivity contribution in [3.05, 3.63) is 240 Å². The van der Waals surface area contributed by atoms with Gasteiger partial charge in [-0.1, -0.05) is 170 Å². The summed E-state index contributed by atoms with van der Waals surface area (Å²) in [5, 5.41) is 0. The maximum absolute atomic E-state index is 7.13. The zero-order valence-corrected chi connectivity index (χ0v) is 31.7. The Morgan fingerprint density at radius 2 is 1.05 bits per heavy atom. The summed E-state index contributed by atoms with van der Waals surface area (Å²) in [6.07, 6.45) is 7.82. The van der Waals surface area contributed by atoms with E-state index in [2.05, 4.69) is 205 Å². The number of anilines is 2. The Kier molecular flexibility index (Phi) is 7.27. The third-order valence-electron chi connectivity index (χ3n) is 12.5. The van der Waals surface area contributed by atoms with Crippen LogP contribution in [-0.2, 0) is 5.41 Å². The summed E-state index contributed by atoms with van der Waals surface area (Å²) in [5.74, 6) is 3.17. The van der Waals surface area contributed by atoms with Crippen LogP contribution in [0.2, 0.25) is 0 Å². The molecule has 3 aliphatic carbocycles. The van der Waals surface area contributed by atoms with Crippen molar-refractivity contribution in [2.75, 3.05) is 4.90 Å². The van der Waals surface area contributed by atoms with Gasteiger partial charge in [0, 0.05) is 22.9 Å². The Labute approximate surface area is 338 Å². The molecule has 0 radical (unpaired) electrons. The van der Waals surface area contributed by atoms with Crippen molar-refractivity contribution in [3.63, 3.8) is 0 Å². The lowest BCUT2D eigenvalue weighted by Gasteiger charge is -2.33. The molecular weight excluding hydrogens is 707 g/mol. The van der Waals surface area contributed by atoms with E-state index in [-0.39, 0.29) is 0 Å². The zero-order valence-electron chi connectivity index (χ0n) is 31.7. The smallest absolute Gasteiger partial charge is 0.194 e. The van der Waals surface area contributed by atoms with Crippen LogP contribution in [0.15, 0.2) is 212 Å². The molecule has 0 amide bonds. The van der Waals surface area contributed by atoms with Crippen molar-refractivity contribution in [2.24, 2.45) is 0 Å². The van der Waals surface area contributed by atoms with Crippen LogP contribution in [0.25, 0.3) is 33.4 Å². The van der Waals surface area contributed by atoms with Gasteiger partial charge >= 0.3 is 0 Å². The maximum atomic E-state index is 7.13. The fraction of sp³-hybridized carbons (Fsp3) is 0.0545. The number of para-hydroxylation sites is 1. The van der Waals surface area contributed by atoms with Gasteiger partial charge in [-0.05, 0) is 98.5 Å². The molecule has 1 atom stereocenters. The summed E-state index contributed by atoms with van der Waals surface area (Å²) in [6.45, 7) is 0. The van der Waals surface area contributed by atoms with Gasteiger partial charge in [-0.25, -0.2) is 0 Å². The van der Waals surface area contributed by atoms with Crippen LogP contribution in [0, 0.1) is 0 Å². The topological polar surface area (TPSA) is 21.7 Å². The number of allylic oxidation sites excluding steroid dienone is 3. The molecule has 0 saturated carbocycles. The van der Waals surface area contributed by atoms with Crippen LogP contribution in [-0.4, -0.2) is 0 Å². The first kappa shape index (κ1) is 32.8. The second-order valence-electron chi connectivity index (χ2n) is 15.5. The molecule has 1 unspecified atom stereocenters. The minimum atomic E-state index is -0.459. The monoisotopic (exact) mass is 743 g/mol. The van der Waals surface area contributed by atoms with E-state index in [1.54, 1.807) is 0 Å². The van der Waals surface area contributed by atoms with Crippen molar-refractivity contribution >= 4 is 11.4 Å². The number of hydrogen-bond donors (Lipinski definition) is 0. The fourth-order valence-corrected chi connectivity index (χ4v) is 9.98. The highest BCUT2D eigenvalue weighted by Crippen LogP contribution is 2.66. The standard InChI is InChI=1S/C55H37NO2/c1-3-14-36(15-4-1)38-26-30-40(31-27-38)56(41-32-28-39(29-33-41)37-16-5-2-6-17-37)49-24-13-25-50-53(49)57-51-35-34-48-52(54(51)58-50)44-20-9-12-23-47(44)55(48)45-21-10-7-18-42(45)43-19-8-11-22-46(43)55/h1-28,30-35,39H,29H2. The summed E-state index contributed by atoms with van der Waals surface area (Å²) in [5.41, 5.74) is 16.2. The lowest BCUT2D eigenvalue weighted by Crippen LogP contribution is -2.25. The van der Waals surface area contributed by atoms with Crippen molar-refractivity contribution in [1.29, 1.82) is 0 Å². The van der Waals surface area contributed by atoms with Gasteiger partial charge < -0.3 is 14.4 Å². The molecule has 58 heavy (non-hydrogen) atoms. The number of ether oxygens (including phenoxy) is 2. The molecule has 0 bridgehead atoms. The first-order valence-electron chi connectivity index (χ1n) is 20.1. The first-order chi connectivity index (χ1) is 28.8. The van der Waals surface area contributed by atoms with Gasteiger partial charge in [0.2, 0.25) is 0 Å². The first-order valence-corrected chi connectivity index (χ1v) is 20.1. The Bertz CT molecular complexity index is 2930. The Morgan fingerprint density at radius 1 is 0.466 bits per heavy atom. The SMILES string of the molecule is C1=CC(c2ccccc2)CC=C1N(c1ccc(-c2ccccc2)cc1)c1cccc2c1Oc1ccc3c(c1O2)-c1ccccc1C31c2ccccc2-c2ccccc21. The molecule has 4 aliphatic rings. The van der Waals surface area contributed by atoms with Gasteiger partial charge in [0.25, 0.3) is 0 Å². The maximum Gasteiger partial charge on any atom is 0.194 e. The van der Waals surface area contributed by atoms with E-state index in [4.69, 9.17) is 9.47 Å². The summed E-state index contributed by atoms with van der Waals surface area (Å²) in [4.78, 5) is 2.31. The van der Waals surface area contributed by atoms with E-state index in [0.717, 1.165) is 34.8 Å². The van der Waals surface area contributed by atoms with Gasteiger partial charge in [-0.2, -0.15) is 0 Å². The van der Waals surface area contributed by atoms with E-state index in [1.807, 2.05) is 6.07 Å².